The number of aromatic nitrogens is 1. The third-order valence-corrected chi connectivity index (χ3v) is 3.45. The molecule has 0 saturated carbocycles. The van der Waals surface area contributed by atoms with Crippen molar-refractivity contribution in [1.29, 1.82) is 0 Å². The van der Waals surface area contributed by atoms with Crippen molar-refractivity contribution in [1.82, 2.24) is 4.37 Å². The SMILES string of the molecule is CC(C)Oc1c(N)nsc1NCCCOc1ccccc1. The van der Waals surface area contributed by atoms with Crippen LogP contribution in [0.15, 0.2) is 30.3 Å². The first-order valence-corrected chi connectivity index (χ1v) is 7.77. The van der Waals surface area contributed by atoms with E-state index in [9.17, 15) is 0 Å². The van der Waals surface area contributed by atoms with Crippen LogP contribution in [-0.2, 0) is 0 Å². The molecule has 1 aromatic heterocycles. The zero-order valence-electron chi connectivity index (χ0n) is 12.3. The van der Waals surface area contributed by atoms with Crippen LogP contribution >= 0.6 is 11.5 Å². The first kappa shape index (κ1) is 15.4. The Morgan fingerprint density at radius 1 is 1.29 bits per heavy atom. The Morgan fingerprint density at radius 2 is 2.05 bits per heavy atom. The van der Waals surface area contributed by atoms with Crippen LogP contribution in [0.1, 0.15) is 20.3 Å². The fourth-order valence-corrected chi connectivity index (χ4v) is 2.41. The number of ether oxygens (including phenoxy) is 2. The Balaban J connectivity index is 1.74. The molecule has 5 nitrogen and oxygen atoms in total. The maximum atomic E-state index is 5.81. The van der Waals surface area contributed by atoms with Crippen molar-refractivity contribution < 1.29 is 9.47 Å². The molecule has 0 saturated heterocycles. The summed E-state index contributed by atoms with van der Waals surface area (Å²) in [6, 6.07) is 9.79. The van der Waals surface area contributed by atoms with Crippen molar-refractivity contribution in [3.8, 4) is 11.5 Å². The van der Waals surface area contributed by atoms with Crippen LogP contribution in [0.4, 0.5) is 10.8 Å². The minimum Gasteiger partial charge on any atom is -0.494 e. The maximum Gasteiger partial charge on any atom is 0.197 e. The summed E-state index contributed by atoms with van der Waals surface area (Å²) < 4.78 is 15.4. The summed E-state index contributed by atoms with van der Waals surface area (Å²) in [4.78, 5) is 0. The number of nitrogen functional groups attached to an aromatic ring is 1. The van der Waals surface area contributed by atoms with E-state index in [0.717, 1.165) is 23.7 Å². The van der Waals surface area contributed by atoms with E-state index in [2.05, 4.69) is 9.69 Å². The zero-order valence-corrected chi connectivity index (χ0v) is 13.2. The lowest BCUT2D eigenvalue weighted by Crippen LogP contribution is -2.10. The largest absolute Gasteiger partial charge is 0.494 e. The average molecular weight is 307 g/mol. The number of hydrogen-bond acceptors (Lipinski definition) is 6. The van der Waals surface area contributed by atoms with Crippen LogP contribution in [0, 0.1) is 0 Å². The van der Waals surface area contributed by atoms with Gasteiger partial charge in [-0.3, -0.25) is 0 Å². The molecule has 0 aliphatic carbocycles. The van der Waals surface area contributed by atoms with Gasteiger partial charge in [0, 0.05) is 6.54 Å². The summed E-state index contributed by atoms with van der Waals surface area (Å²) in [7, 11) is 0. The average Bonchev–Trinajstić information content (AvgIpc) is 2.80. The fraction of sp³-hybridized carbons (Fsp3) is 0.400. The normalized spacial score (nSPS) is 10.6. The number of anilines is 2. The van der Waals surface area contributed by atoms with Gasteiger partial charge in [0.15, 0.2) is 16.6 Å². The molecule has 2 aromatic rings. The fourth-order valence-electron chi connectivity index (χ4n) is 1.74. The zero-order chi connectivity index (χ0) is 15.1. The first-order chi connectivity index (χ1) is 10.2. The van der Waals surface area contributed by atoms with Crippen LogP contribution in [-0.4, -0.2) is 23.6 Å². The molecule has 0 bridgehead atoms. The van der Waals surface area contributed by atoms with Gasteiger partial charge in [0.2, 0.25) is 0 Å². The highest BCUT2D eigenvalue weighted by molar-refractivity contribution is 7.11. The Kier molecular flexibility index (Phi) is 5.68. The third-order valence-electron chi connectivity index (χ3n) is 2.65. The quantitative estimate of drug-likeness (QED) is 0.732. The molecule has 114 valence electrons. The Labute approximate surface area is 129 Å². The Hall–Kier alpha value is -1.95. The number of hydrogen-bond donors (Lipinski definition) is 2. The molecule has 0 unspecified atom stereocenters. The van der Waals surface area contributed by atoms with Gasteiger partial charge in [0.05, 0.1) is 12.7 Å². The minimum atomic E-state index is 0.0747. The predicted molar refractivity (Wildman–Crippen MR) is 87.3 cm³/mol. The lowest BCUT2D eigenvalue weighted by Gasteiger charge is -2.11. The number of para-hydroxylation sites is 1. The van der Waals surface area contributed by atoms with Crippen LogP contribution < -0.4 is 20.5 Å². The van der Waals surface area contributed by atoms with Crippen LogP contribution in [0.5, 0.6) is 11.5 Å². The van der Waals surface area contributed by atoms with Gasteiger partial charge in [-0.05, 0) is 43.9 Å². The van der Waals surface area contributed by atoms with Gasteiger partial charge in [0.25, 0.3) is 0 Å². The topological polar surface area (TPSA) is 69.4 Å². The molecular formula is C15H21N3O2S. The molecule has 0 fully saturated rings. The molecule has 0 aliphatic rings. The van der Waals surface area contributed by atoms with Crippen molar-refractivity contribution in [3.05, 3.63) is 30.3 Å². The van der Waals surface area contributed by atoms with E-state index in [4.69, 9.17) is 15.2 Å². The number of nitrogens with one attached hydrogen (secondary N) is 1. The summed E-state index contributed by atoms with van der Waals surface area (Å²) in [5, 5.41) is 4.17. The van der Waals surface area contributed by atoms with Gasteiger partial charge in [0.1, 0.15) is 5.75 Å². The van der Waals surface area contributed by atoms with E-state index >= 15 is 0 Å². The van der Waals surface area contributed by atoms with Gasteiger partial charge in [-0.15, -0.1) is 0 Å². The van der Waals surface area contributed by atoms with Crippen LogP contribution in [0.25, 0.3) is 0 Å². The molecule has 0 radical (unpaired) electrons. The number of benzene rings is 1. The molecule has 3 N–H and O–H groups in total. The number of nitrogens with two attached hydrogens (primary N) is 1. The Bertz CT molecular complexity index is 543. The van der Waals surface area contributed by atoms with Crippen LogP contribution in [0.3, 0.4) is 0 Å². The van der Waals surface area contributed by atoms with Crippen molar-refractivity contribution in [2.75, 3.05) is 24.2 Å². The number of nitrogens with zero attached hydrogens (tertiary/aromatic N) is 1. The van der Waals surface area contributed by atoms with E-state index < -0.39 is 0 Å². The van der Waals surface area contributed by atoms with Crippen molar-refractivity contribution >= 4 is 22.4 Å². The molecule has 0 spiro atoms. The van der Waals surface area contributed by atoms with Gasteiger partial charge < -0.3 is 20.5 Å². The standard InChI is InChI=1S/C15H21N3O2S/c1-11(2)20-13-14(16)18-21-15(13)17-9-6-10-19-12-7-4-3-5-8-12/h3-5,7-8,11,17H,6,9-10H2,1-2H3,(H2,16,18). The minimum absolute atomic E-state index is 0.0747. The molecule has 0 atom stereocenters. The second-order valence-corrected chi connectivity index (χ2v) is 5.61. The molecule has 1 aromatic carbocycles. The second kappa shape index (κ2) is 7.73. The summed E-state index contributed by atoms with van der Waals surface area (Å²) in [6.45, 7) is 5.37. The van der Waals surface area contributed by atoms with Crippen molar-refractivity contribution in [2.45, 2.75) is 26.4 Å². The number of rotatable bonds is 8. The highest BCUT2D eigenvalue weighted by Gasteiger charge is 2.13. The second-order valence-electron chi connectivity index (χ2n) is 4.83. The molecular weight excluding hydrogens is 286 g/mol. The van der Waals surface area contributed by atoms with E-state index in [1.165, 1.54) is 11.5 Å². The maximum absolute atomic E-state index is 5.81. The van der Waals surface area contributed by atoms with E-state index in [1.54, 1.807) is 0 Å². The summed E-state index contributed by atoms with van der Waals surface area (Å²) in [6.07, 6.45) is 0.957. The van der Waals surface area contributed by atoms with Gasteiger partial charge in [-0.25, -0.2) is 0 Å². The van der Waals surface area contributed by atoms with E-state index in [1.807, 2.05) is 44.2 Å². The smallest absolute Gasteiger partial charge is 0.197 e. The molecule has 1 heterocycles. The molecule has 21 heavy (non-hydrogen) atoms. The third kappa shape index (κ3) is 4.82. The van der Waals surface area contributed by atoms with Gasteiger partial charge >= 0.3 is 0 Å². The van der Waals surface area contributed by atoms with Crippen LogP contribution in [0.2, 0.25) is 0 Å². The van der Waals surface area contributed by atoms with E-state index in [-0.39, 0.29) is 6.10 Å². The summed E-state index contributed by atoms with van der Waals surface area (Å²) >= 11 is 1.32. The highest BCUT2D eigenvalue weighted by Crippen LogP contribution is 2.35. The van der Waals surface area contributed by atoms with Gasteiger partial charge in [-0.2, -0.15) is 4.37 Å². The lowest BCUT2D eigenvalue weighted by atomic mass is 10.3. The highest BCUT2D eigenvalue weighted by atomic mass is 32.1. The van der Waals surface area contributed by atoms with Crippen molar-refractivity contribution in [3.63, 3.8) is 0 Å². The lowest BCUT2D eigenvalue weighted by molar-refractivity contribution is 0.245. The predicted octanol–water partition coefficient (Wildman–Crippen LogP) is 3.39. The molecule has 0 aliphatic heterocycles. The molecule has 2 rings (SSSR count). The monoisotopic (exact) mass is 307 g/mol. The first-order valence-electron chi connectivity index (χ1n) is 7.00. The summed E-state index contributed by atoms with van der Waals surface area (Å²) in [5.41, 5.74) is 5.81. The Morgan fingerprint density at radius 3 is 2.76 bits per heavy atom. The molecule has 0 amide bonds. The van der Waals surface area contributed by atoms with Gasteiger partial charge in [-0.1, -0.05) is 18.2 Å². The summed E-state index contributed by atoms with van der Waals surface area (Å²) in [5.74, 6) is 1.99. The van der Waals surface area contributed by atoms with E-state index in [0.29, 0.717) is 18.2 Å². The molecule has 6 heteroatoms. The van der Waals surface area contributed by atoms with Crippen molar-refractivity contribution in [2.24, 2.45) is 0 Å².